The topological polar surface area (TPSA) is 35.5 Å². The molecule has 0 spiro atoms. The summed E-state index contributed by atoms with van der Waals surface area (Å²) in [5.74, 6) is 1.80. The van der Waals surface area contributed by atoms with E-state index in [4.69, 9.17) is 9.05 Å². The number of allylic oxidation sites excluding steroid dienone is 1. The van der Waals surface area contributed by atoms with Crippen molar-refractivity contribution in [3.8, 4) is 0 Å². The fourth-order valence-corrected chi connectivity index (χ4v) is 5.10. The van der Waals surface area contributed by atoms with Gasteiger partial charge in [-0.15, -0.1) is 0 Å². The minimum Gasteiger partial charge on any atom is -0.306 e. The zero-order valence-corrected chi connectivity index (χ0v) is 14.2. The molecule has 0 heterocycles. The van der Waals surface area contributed by atoms with Gasteiger partial charge in [0.15, 0.2) is 0 Å². The van der Waals surface area contributed by atoms with Crippen molar-refractivity contribution in [3.63, 3.8) is 0 Å². The first-order valence-corrected chi connectivity index (χ1v) is 8.91. The largest absolute Gasteiger partial charge is 0.354 e. The SMILES string of the molecule is CCOP(=O)(C=C1C(C)(C)CCCC1(C)C)OCC. The van der Waals surface area contributed by atoms with Crippen LogP contribution in [-0.4, -0.2) is 13.2 Å². The standard InChI is InChI=1S/C15H29O3P/c1-7-17-19(16,18-8-2)12-13-14(3,4)10-9-11-15(13,5)6/h12H,7-11H2,1-6H3. The Bertz CT molecular complexity index is 355. The smallest absolute Gasteiger partial charge is 0.306 e. The Kier molecular flexibility index (Phi) is 5.45. The second-order valence-corrected chi connectivity index (χ2v) is 8.39. The molecule has 0 bridgehead atoms. The summed E-state index contributed by atoms with van der Waals surface area (Å²) >= 11 is 0. The van der Waals surface area contributed by atoms with Gasteiger partial charge in [-0.25, -0.2) is 0 Å². The van der Waals surface area contributed by atoms with Gasteiger partial charge in [-0.3, -0.25) is 4.57 Å². The minimum absolute atomic E-state index is 0.0611. The van der Waals surface area contributed by atoms with Crippen LogP contribution in [0, 0.1) is 10.8 Å². The average Bonchev–Trinajstić information content (AvgIpc) is 2.24. The van der Waals surface area contributed by atoms with Crippen molar-refractivity contribution in [3.05, 3.63) is 11.4 Å². The summed E-state index contributed by atoms with van der Waals surface area (Å²) in [7, 11) is -3.11. The van der Waals surface area contributed by atoms with Gasteiger partial charge >= 0.3 is 7.60 Å². The Morgan fingerprint density at radius 1 is 1.05 bits per heavy atom. The van der Waals surface area contributed by atoms with Crippen molar-refractivity contribution >= 4 is 7.60 Å². The van der Waals surface area contributed by atoms with Gasteiger partial charge in [0.25, 0.3) is 0 Å². The zero-order valence-electron chi connectivity index (χ0n) is 13.3. The third-order valence-corrected chi connectivity index (χ3v) is 5.78. The number of rotatable bonds is 5. The summed E-state index contributed by atoms with van der Waals surface area (Å²) in [6, 6.07) is 0. The molecule has 0 N–H and O–H groups in total. The highest BCUT2D eigenvalue weighted by Gasteiger charge is 2.40. The predicted octanol–water partition coefficient (Wildman–Crippen LogP) is 5.37. The van der Waals surface area contributed by atoms with Crippen LogP contribution in [-0.2, 0) is 13.6 Å². The van der Waals surface area contributed by atoms with Crippen molar-refractivity contribution < 1.29 is 13.6 Å². The average molecular weight is 288 g/mol. The molecule has 1 saturated carbocycles. The first kappa shape index (κ1) is 16.9. The van der Waals surface area contributed by atoms with E-state index < -0.39 is 7.60 Å². The van der Waals surface area contributed by atoms with E-state index in [0.29, 0.717) is 13.2 Å². The van der Waals surface area contributed by atoms with E-state index in [1.165, 1.54) is 12.0 Å². The Hall–Kier alpha value is -0.110. The first-order valence-electron chi connectivity index (χ1n) is 7.29. The fourth-order valence-electron chi connectivity index (χ4n) is 3.14. The second-order valence-electron chi connectivity index (χ2n) is 6.54. The van der Waals surface area contributed by atoms with Gasteiger partial charge in [-0.2, -0.15) is 0 Å². The van der Waals surface area contributed by atoms with E-state index in [0.717, 1.165) is 12.8 Å². The highest BCUT2D eigenvalue weighted by atomic mass is 31.2. The Balaban J connectivity index is 3.19. The van der Waals surface area contributed by atoms with Crippen LogP contribution in [0.15, 0.2) is 11.4 Å². The van der Waals surface area contributed by atoms with Gasteiger partial charge in [0.1, 0.15) is 0 Å². The Morgan fingerprint density at radius 2 is 1.47 bits per heavy atom. The summed E-state index contributed by atoms with van der Waals surface area (Å²) in [4.78, 5) is 0. The summed E-state index contributed by atoms with van der Waals surface area (Å²) in [5, 5.41) is 0. The van der Waals surface area contributed by atoms with Crippen molar-refractivity contribution in [1.82, 2.24) is 0 Å². The molecule has 1 aliphatic carbocycles. The van der Waals surface area contributed by atoms with Crippen LogP contribution in [0.4, 0.5) is 0 Å². The van der Waals surface area contributed by atoms with E-state index in [2.05, 4.69) is 27.7 Å². The maximum absolute atomic E-state index is 12.7. The van der Waals surface area contributed by atoms with Crippen LogP contribution < -0.4 is 0 Å². The third kappa shape index (κ3) is 4.18. The van der Waals surface area contributed by atoms with Gasteiger partial charge in [-0.05, 0) is 37.5 Å². The van der Waals surface area contributed by atoms with Gasteiger partial charge in [-0.1, -0.05) is 39.7 Å². The van der Waals surface area contributed by atoms with Crippen molar-refractivity contribution in [1.29, 1.82) is 0 Å². The van der Waals surface area contributed by atoms with Crippen LogP contribution in [0.25, 0.3) is 0 Å². The summed E-state index contributed by atoms with van der Waals surface area (Å²) in [6.45, 7) is 13.4. The number of hydrogen-bond acceptors (Lipinski definition) is 3. The van der Waals surface area contributed by atoms with Crippen molar-refractivity contribution in [2.24, 2.45) is 10.8 Å². The molecule has 0 aromatic carbocycles. The predicted molar refractivity (Wildman–Crippen MR) is 80.4 cm³/mol. The maximum Gasteiger partial charge on any atom is 0.354 e. The minimum atomic E-state index is -3.11. The molecule has 0 aromatic rings. The Morgan fingerprint density at radius 3 is 1.84 bits per heavy atom. The van der Waals surface area contributed by atoms with Gasteiger partial charge in [0.2, 0.25) is 0 Å². The molecule has 0 aromatic heterocycles. The van der Waals surface area contributed by atoms with Gasteiger partial charge in [0.05, 0.1) is 13.2 Å². The lowest BCUT2D eigenvalue weighted by Gasteiger charge is -2.44. The van der Waals surface area contributed by atoms with E-state index in [9.17, 15) is 4.57 Å². The molecular weight excluding hydrogens is 259 g/mol. The first-order chi connectivity index (χ1) is 8.67. The monoisotopic (exact) mass is 288 g/mol. The van der Waals surface area contributed by atoms with E-state index >= 15 is 0 Å². The molecule has 19 heavy (non-hydrogen) atoms. The molecule has 0 radical (unpaired) electrons. The van der Waals surface area contributed by atoms with Crippen LogP contribution in [0.3, 0.4) is 0 Å². The highest BCUT2D eigenvalue weighted by Crippen LogP contribution is 2.58. The third-order valence-electron chi connectivity index (χ3n) is 3.97. The van der Waals surface area contributed by atoms with E-state index in [1.54, 1.807) is 5.82 Å². The molecule has 0 unspecified atom stereocenters. The van der Waals surface area contributed by atoms with E-state index in [-0.39, 0.29) is 10.8 Å². The summed E-state index contributed by atoms with van der Waals surface area (Å²) < 4.78 is 23.6. The summed E-state index contributed by atoms with van der Waals surface area (Å²) in [5.41, 5.74) is 1.34. The normalized spacial score (nSPS) is 22.3. The van der Waals surface area contributed by atoms with E-state index in [1.807, 2.05) is 13.8 Å². The molecule has 0 atom stereocenters. The fraction of sp³-hybridized carbons (Fsp3) is 0.867. The quantitative estimate of drug-likeness (QED) is 0.638. The molecule has 1 aliphatic rings. The van der Waals surface area contributed by atoms with Gasteiger partial charge < -0.3 is 9.05 Å². The molecule has 112 valence electrons. The second kappa shape index (κ2) is 6.11. The van der Waals surface area contributed by atoms with Gasteiger partial charge in [0, 0.05) is 5.82 Å². The Labute approximate surface area is 118 Å². The molecule has 0 amide bonds. The van der Waals surface area contributed by atoms with Crippen LogP contribution in [0.5, 0.6) is 0 Å². The van der Waals surface area contributed by atoms with Crippen LogP contribution in [0.2, 0.25) is 0 Å². The molecule has 1 rings (SSSR count). The lowest BCUT2D eigenvalue weighted by atomic mass is 9.62. The van der Waals surface area contributed by atoms with Crippen molar-refractivity contribution in [2.75, 3.05) is 13.2 Å². The lowest BCUT2D eigenvalue weighted by Crippen LogP contribution is -2.32. The molecule has 0 aliphatic heterocycles. The molecule has 1 fully saturated rings. The molecule has 0 saturated heterocycles. The molecular formula is C15H29O3P. The van der Waals surface area contributed by atoms with Crippen molar-refractivity contribution in [2.45, 2.75) is 60.8 Å². The zero-order chi connectivity index (χ0) is 14.7. The van der Waals surface area contributed by atoms with Crippen LogP contribution >= 0.6 is 7.60 Å². The lowest BCUT2D eigenvalue weighted by molar-refractivity contribution is 0.207. The maximum atomic E-state index is 12.7. The summed E-state index contributed by atoms with van der Waals surface area (Å²) in [6.07, 6.45) is 3.46. The van der Waals surface area contributed by atoms with Crippen LogP contribution in [0.1, 0.15) is 60.8 Å². The highest BCUT2D eigenvalue weighted by molar-refractivity contribution is 7.57. The molecule has 3 nitrogen and oxygen atoms in total. The number of hydrogen-bond donors (Lipinski definition) is 0. The molecule has 4 heteroatoms.